The average molecular weight is 267 g/mol. The Morgan fingerprint density at radius 3 is 2.89 bits per heavy atom. The molecule has 2 rings (SSSR count). The van der Waals surface area contributed by atoms with Gasteiger partial charge in [0.25, 0.3) is 0 Å². The highest BCUT2D eigenvalue weighted by atomic mass is 16.2. The lowest BCUT2D eigenvalue weighted by Gasteiger charge is -2.41. The first-order valence-corrected chi connectivity index (χ1v) is 7.58. The number of amides is 1. The van der Waals surface area contributed by atoms with Crippen LogP contribution in [0.3, 0.4) is 0 Å². The van der Waals surface area contributed by atoms with E-state index in [0.717, 1.165) is 26.1 Å². The minimum atomic E-state index is -0.127. The summed E-state index contributed by atoms with van der Waals surface area (Å²) in [5.74, 6) is 0.876. The predicted octanol–water partition coefficient (Wildman–Crippen LogP) is 1.21. The van der Waals surface area contributed by atoms with Crippen LogP contribution in [0, 0.1) is 16.7 Å². The van der Waals surface area contributed by atoms with Crippen LogP contribution < -0.4 is 11.1 Å². The molecule has 0 unspecified atom stereocenters. The third-order valence-electron chi connectivity index (χ3n) is 5.03. The normalized spacial score (nSPS) is 31.1. The van der Waals surface area contributed by atoms with Gasteiger partial charge in [0.05, 0.1) is 5.41 Å². The van der Waals surface area contributed by atoms with Crippen molar-refractivity contribution in [1.29, 1.82) is 0 Å². The van der Waals surface area contributed by atoms with Crippen molar-refractivity contribution in [2.75, 3.05) is 33.2 Å². The number of hydrogen-bond donors (Lipinski definition) is 2. The van der Waals surface area contributed by atoms with E-state index in [-0.39, 0.29) is 10.8 Å². The molecular formula is C15H29N3O. The highest BCUT2D eigenvalue weighted by Crippen LogP contribution is 2.45. The van der Waals surface area contributed by atoms with Crippen LogP contribution >= 0.6 is 0 Å². The molecule has 1 aliphatic heterocycles. The maximum absolute atomic E-state index is 12.9. The molecule has 0 radical (unpaired) electrons. The van der Waals surface area contributed by atoms with Gasteiger partial charge in [-0.2, -0.15) is 0 Å². The summed E-state index contributed by atoms with van der Waals surface area (Å²) in [4.78, 5) is 14.9. The van der Waals surface area contributed by atoms with Crippen molar-refractivity contribution >= 4 is 5.91 Å². The molecule has 1 saturated carbocycles. The first-order chi connectivity index (χ1) is 8.91. The van der Waals surface area contributed by atoms with Gasteiger partial charge in [0.2, 0.25) is 5.91 Å². The summed E-state index contributed by atoms with van der Waals surface area (Å²) in [6.07, 6.45) is 4.72. The van der Waals surface area contributed by atoms with Gasteiger partial charge in [-0.05, 0) is 37.3 Å². The van der Waals surface area contributed by atoms with E-state index in [0.29, 0.717) is 18.4 Å². The molecule has 1 heterocycles. The Hall–Kier alpha value is -0.610. The van der Waals surface area contributed by atoms with E-state index < -0.39 is 0 Å². The zero-order chi connectivity index (χ0) is 14.1. The van der Waals surface area contributed by atoms with Crippen LogP contribution in [0.4, 0.5) is 0 Å². The van der Waals surface area contributed by atoms with Crippen molar-refractivity contribution in [3.8, 4) is 0 Å². The molecule has 0 bridgehead atoms. The summed E-state index contributed by atoms with van der Waals surface area (Å²) in [6.45, 7) is 7.49. The highest BCUT2D eigenvalue weighted by Gasteiger charge is 2.51. The van der Waals surface area contributed by atoms with Gasteiger partial charge < -0.3 is 16.0 Å². The van der Waals surface area contributed by atoms with Gasteiger partial charge in [-0.25, -0.2) is 0 Å². The van der Waals surface area contributed by atoms with Crippen LogP contribution in [0.2, 0.25) is 0 Å². The molecule has 0 aromatic carbocycles. The zero-order valence-electron chi connectivity index (χ0n) is 12.7. The molecule has 0 aromatic rings. The SMILES string of the molecule is CN(CC(C)(C)CN)C(=O)[C@@]12CCCC[C@H]1CNC2. The van der Waals surface area contributed by atoms with E-state index in [4.69, 9.17) is 5.73 Å². The fourth-order valence-corrected chi connectivity index (χ4v) is 3.83. The predicted molar refractivity (Wildman–Crippen MR) is 77.7 cm³/mol. The molecule has 2 atom stereocenters. The number of nitrogens with one attached hydrogen (secondary N) is 1. The summed E-state index contributed by atoms with van der Waals surface area (Å²) in [5, 5.41) is 3.45. The van der Waals surface area contributed by atoms with Gasteiger partial charge in [-0.3, -0.25) is 4.79 Å². The van der Waals surface area contributed by atoms with Crippen molar-refractivity contribution < 1.29 is 4.79 Å². The third-order valence-corrected chi connectivity index (χ3v) is 5.03. The third kappa shape index (κ3) is 2.79. The standard InChI is InChI=1S/C15H29N3O/c1-14(2,9-16)11-18(3)13(19)15-7-5-4-6-12(15)8-17-10-15/h12,17H,4-11,16H2,1-3H3/t12-,15+/m0/s1. The summed E-state index contributed by atoms with van der Waals surface area (Å²) < 4.78 is 0. The quantitative estimate of drug-likeness (QED) is 0.805. The first kappa shape index (κ1) is 14.8. The molecule has 1 aliphatic carbocycles. The Bertz CT molecular complexity index is 342. The summed E-state index contributed by atoms with van der Waals surface area (Å²) in [5.41, 5.74) is 5.66. The second kappa shape index (κ2) is 5.41. The largest absolute Gasteiger partial charge is 0.345 e. The molecule has 110 valence electrons. The van der Waals surface area contributed by atoms with Crippen molar-refractivity contribution in [2.24, 2.45) is 22.5 Å². The van der Waals surface area contributed by atoms with Crippen LogP contribution in [0.1, 0.15) is 39.5 Å². The van der Waals surface area contributed by atoms with E-state index in [1.54, 1.807) is 0 Å². The molecule has 2 fully saturated rings. The van der Waals surface area contributed by atoms with Crippen LogP contribution in [0.5, 0.6) is 0 Å². The molecule has 0 aromatic heterocycles. The van der Waals surface area contributed by atoms with Gasteiger partial charge in [-0.1, -0.05) is 26.7 Å². The second-order valence-corrected chi connectivity index (χ2v) is 7.26. The van der Waals surface area contributed by atoms with E-state index in [1.807, 2.05) is 11.9 Å². The van der Waals surface area contributed by atoms with Crippen molar-refractivity contribution in [3.05, 3.63) is 0 Å². The minimum Gasteiger partial charge on any atom is -0.345 e. The fourth-order valence-electron chi connectivity index (χ4n) is 3.83. The molecule has 1 saturated heterocycles. The Morgan fingerprint density at radius 1 is 1.47 bits per heavy atom. The minimum absolute atomic E-state index is 0.00273. The molecule has 2 aliphatic rings. The Balaban J connectivity index is 2.09. The molecule has 4 nitrogen and oxygen atoms in total. The van der Waals surface area contributed by atoms with E-state index >= 15 is 0 Å². The smallest absolute Gasteiger partial charge is 0.230 e. The lowest BCUT2D eigenvalue weighted by Crippen LogP contribution is -2.51. The number of fused-ring (bicyclic) bond motifs is 1. The monoisotopic (exact) mass is 267 g/mol. The summed E-state index contributed by atoms with van der Waals surface area (Å²) in [7, 11) is 1.94. The van der Waals surface area contributed by atoms with Gasteiger partial charge >= 0.3 is 0 Å². The number of nitrogens with zero attached hydrogens (tertiary/aromatic N) is 1. The topological polar surface area (TPSA) is 58.4 Å². The van der Waals surface area contributed by atoms with Gasteiger partial charge in [0.15, 0.2) is 0 Å². The molecule has 0 spiro atoms. The lowest BCUT2D eigenvalue weighted by molar-refractivity contribution is -0.145. The molecular weight excluding hydrogens is 238 g/mol. The Morgan fingerprint density at radius 2 is 2.21 bits per heavy atom. The molecule has 3 N–H and O–H groups in total. The van der Waals surface area contributed by atoms with Gasteiger partial charge in [0, 0.05) is 20.1 Å². The zero-order valence-corrected chi connectivity index (χ0v) is 12.7. The van der Waals surface area contributed by atoms with Crippen molar-refractivity contribution in [1.82, 2.24) is 10.2 Å². The molecule has 19 heavy (non-hydrogen) atoms. The van der Waals surface area contributed by atoms with Crippen LogP contribution in [0.15, 0.2) is 0 Å². The van der Waals surface area contributed by atoms with Crippen LogP contribution in [-0.4, -0.2) is 44.0 Å². The molecule has 4 heteroatoms. The lowest BCUT2D eigenvalue weighted by atomic mass is 9.67. The van der Waals surface area contributed by atoms with E-state index in [1.165, 1.54) is 19.3 Å². The maximum atomic E-state index is 12.9. The maximum Gasteiger partial charge on any atom is 0.230 e. The molecule has 1 amide bonds. The number of nitrogens with two attached hydrogens (primary N) is 1. The number of carbonyl (C=O) groups excluding carboxylic acids is 1. The van der Waals surface area contributed by atoms with Crippen molar-refractivity contribution in [3.63, 3.8) is 0 Å². The Labute approximate surface area is 117 Å². The highest BCUT2D eigenvalue weighted by molar-refractivity contribution is 5.83. The fraction of sp³-hybridized carbons (Fsp3) is 0.933. The average Bonchev–Trinajstić information content (AvgIpc) is 2.82. The summed E-state index contributed by atoms with van der Waals surface area (Å²) >= 11 is 0. The van der Waals surface area contributed by atoms with E-state index in [2.05, 4.69) is 19.2 Å². The number of rotatable bonds is 4. The van der Waals surface area contributed by atoms with Gasteiger partial charge in [0.1, 0.15) is 0 Å². The van der Waals surface area contributed by atoms with Crippen LogP contribution in [0.25, 0.3) is 0 Å². The second-order valence-electron chi connectivity index (χ2n) is 7.26. The van der Waals surface area contributed by atoms with E-state index in [9.17, 15) is 4.79 Å². The Kier molecular flexibility index (Phi) is 4.21. The van der Waals surface area contributed by atoms with Gasteiger partial charge in [-0.15, -0.1) is 0 Å². The van der Waals surface area contributed by atoms with Crippen molar-refractivity contribution in [2.45, 2.75) is 39.5 Å². The summed E-state index contributed by atoms with van der Waals surface area (Å²) in [6, 6.07) is 0. The number of hydrogen-bond acceptors (Lipinski definition) is 3. The number of carbonyl (C=O) groups is 1. The first-order valence-electron chi connectivity index (χ1n) is 7.58. The van der Waals surface area contributed by atoms with Crippen LogP contribution in [-0.2, 0) is 4.79 Å².